The Morgan fingerprint density at radius 3 is 2.87 bits per heavy atom. The number of thioether (sulfide) groups is 1. The van der Waals surface area contributed by atoms with E-state index < -0.39 is 0 Å². The van der Waals surface area contributed by atoms with Crippen molar-refractivity contribution in [3.63, 3.8) is 0 Å². The van der Waals surface area contributed by atoms with Gasteiger partial charge in [0.25, 0.3) is 0 Å². The largest absolute Gasteiger partial charge is 0.494 e. The van der Waals surface area contributed by atoms with Gasteiger partial charge in [0.15, 0.2) is 11.6 Å². The van der Waals surface area contributed by atoms with Crippen LogP contribution in [0.1, 0.15) is 5.56 Å². The van der Waals surface area contributed by atoms with E-state index in [1.165, 1.54) is 23.6 Å². The summed E-state index contributed by atoms with van der Waals surface area (Å²) in [5, 5.41) is 4.11. The fraction of sp³-hybridized carbons (Fsp3) is 0.167. The second kappa shape index (κ2) is 6.87. The Hall–Kier alpha value is -2.27. The molecule has 0 aliphatic carbocycles. The van der Waals surface area contributed by atoms with Crippen molar-refractivity contribution in [3.05, 3.63) is 60.0 Å². The van der Waals surface area contributed by atoms with Crippen LogP contribution in [0, 0.1) is 5.82 Å². The van der Waals surface area contributed by atoms with Gasteiger partial charge in [-0.15, -0.1) is 11.8 Å². The molecule has 1 aromatic heterocycles. The maximum absolute atomic E-state index is 14.0. The summed E-state index contributed by atoms with van der Waals surface area (Å²) in [4.78, 5) is 5.51. The standard InChI is InChI=1S/C18H17FN2OS/c1-22-18-10-17-14(9-15(18)19)16(6-7-20-17)21-11-12-4-3-5-13(8-12)23-2/h3-10H,11H2,1-2H3,(H,20,21). The van der Waals surface area contributed by atoms with Gasteiger partial charge >= 0.3 is 0 Å². The number of aromatic nitrogens is 1. The summed E-state index contributed by atoms with van der Waals surface area (Å²) >= 11 is 1.71. The first-order valence-corrected chi connectivity index (χ1v) is 8.43. The van der Waals surface area contributed by atoms with Crippen molar-refractivity contribution >= 4 is 28.4 Å². The number of methoxy groups -OCH3 is 1. The van der Waals surface area contributed by atoms with Crippen LogP contribution in [0.5, 0.6) is 5.75 Å². The third kappa shape index (κ3) is 3.40. The fourth-order valence-electron chi connectivity index (χ4n) is 2.44. The highest BCUT2D eigenvalue weighted by Crippen LogP contribution is 2.28. The summed E-state index contributed by atoms with van der Waals surface area (Å²) < 4.78 is 19.0. The summed E-state index contributed by atoms with van der Waals surface area (Å²) in [5.74, 6) is -0.185. The number of rotatable bonds is 5. The minimum atomic E-state index is -0.388. The minimum Gasteiger partial charge on any atom is -0.494 e. The van der Waals surface area contributed by atoms with Crippen molar-refractivity contribution in [2.45, 2.75) is 11.4 Å². The number of benzene rings is 2. The van der Waals surface area contributed by atoms with Crippen molar-refractivity contribution in [2.75, 3.05) is 18.7 Å². The van der Waals surface area contributed by atoms with Crippen LogP contribution in [-0.4, -0.2) is 18.3 Å². The van der Waals surface area contributed by atoms with Crippen LogP contribution in [-0.2, 0) is 6.54 Å². The Bertz CT molecular complexity index is 838. The lowest BCUT2D eigenvalue weighted by molar-refractivity contribution is 0.387. The lowest BCUT2D eigenvalue weighted by Crippen LogP contribution is -2.01. The zero-order chi connectivity index (χ0) is 16.2. The third-order valence-corrected chi connectivity index (χ3v) is 4.36. The molecule has 0 bridgehead atoms. The van der Waals surface area contributed by atoms with E-state index in [1.807, 2.05) is 12.1 Å². The van der Waals surface area contributed by atoms with Crippen LogP contribution in [0.2, 0.25) is 0 Å². The van der Waals surface area contributed by atoms with Crippen molar-refractivity contribution in [1.29, 1.82) is 0 Å². The molecule has 0 amide bonds. The zero-order valence-corrected chi connectivity index (χ0v) is 13.8. The fourth-order valence-corrected chi connectivity index (χ4v) is 2.92. The molecule has 23 heavy (non-hydrogen) atoms. The highest BCUT2D eigenvalue weighted by molar-refractivity contribution is 7.98. The molecule has 118 valence electrons. The molecule has 0 aliphatic rings. The van der Waals surface area contributed by atoms with Gasteiger partial charge < -0.3 is 10.1 Å². The number of hydrogen-bond donors (Lipinski definition) is 1. The SMILES string of the molecule is COc1cc2nccc(NCc3cccc(SC)c3)c2cc1F. The van der Waals surface area contributed by atoms with E-state index in [4.69, 9.17) is 4.74 Å². The predicted molar refractivity (Wildman–Crippen MR) is 93.8 cm³/mol. The molecule has 0 unspecified atom stereocenters. The molecular weight excluding hydrogens is 311 g/mol. The van der Waals surface area contributed by atoms with Gasteiger partial charge in [0.05, 0.1) is 12.6 Å². The van der Waals surface area contributed by atoms with Gasteiger partial charge in [0.1, 0.15) is 0 Å². The van der Waals surface area contributed by atoms with Gasteiger partial charge in [-0.3, -0.25) is 4.98 Å². The van der Waals surface area contributed by atoms with Gasteiger partial charge in [-0.2, -0.15) is 0 Å². The van der Waals surface area contributed by atoms with Crippen molar-refractivity contribution in [2.24, 2.45) is 0 Å². The molecule has 1 N–H and O–H groups in total. The van der Waals surface area contributed by atoms with Gasteiger partial charge in [-0.1, -0.05) is 12.1 Å². The van der Waals surface area contributed by atoms with Crippen LogP contribution < -0.4 is 10.1 Å². The van der Waals surface area contributed by atoms with E-state index >= 15 is 0 Å². The molecule has 0 aliphatic heterocycles. The average molecular weight is 328 g/mol. The lowest BCUT2D eigenvalue weighted by atomic mass is 10.1. The molecule has 3 rings (SSSR count). The maximum atomic E-state index is 14.0. The summed E-state index contributed by atoms with van der Waals surface area (Å²) in [5.41, 5.74) is 2.73. The molecule has 5 heteroatoms. The van der Waals surface area contributed by atoms with Gasteiger partial charge in [-0.05, 0) is 36.1 Å². The van der Waals surface area contributed by atoms with Gasteiger partial charge in [-0.25, -0.2) is 4.39 Å². The number of pyridine rings is 1. The Kier molecular flexibility index (Phi) is 4.67. The van der Waals surface area contributed by atoms with Crippen molar-refractivity contribution in [1.82, 2.24) is 4.98 Å². The number of fused-ring (bicyclic) bond motifs is 1. The molecule has 2 aromatic carbocycles. The highest BCUT2D eigenvalue weighted by Gasteiger charge is 2.09. The van der Waals surface area contributed by atoms with E-state index in [1.54, 1.807) is 24.0 Å². The highest BCUT2D eigenvalue weighted by atomic mass is 32.2. The Balaban J connectivity index is 1.89. The predicted octanol–water partition coefficient (Wildman–Crippen LogP) is 4.72. The van der Waals surface area contributed by atoms with Crippen molar-refractivity contribution in [3.8, 4) is 5.75 Å². The molecule has 3 aromatic rings. The van der Waals surface area contributed by atoms with Crippen LogP contribution in [0.25, 0.3) is 10.9 Å². The molecule has 0 saturated heterocycles. The molecule has 0 radical (unpaired) electrons. The number of ether oxygens (including phenoxy) is 1. The van der Waals surface area contributed by atoms with Crippen LogP contribution in [0.3, 0.4) is 0 Å². The molecule has 1 heterocycles. The second-order valence-electron chi connectivity index (χ2n) is 5.07. The minimum absolute atomic E-state index is 0.204. The zero-order valence-electron chi connectivity index (χ0n) is 13.0. The molecule has 0 spiro atoms. The number of nitrogens with zero attached hydrogens (tertiary/aromatic N) is 1. The molecular formula is C18H17FN2OS. The summed E-state index contributed by atoms with van der Waals surface area (Å²) in [7, 11) is 1.45. The van der Waals surface area contributed by atoms with Crippen LogP contribution in [0.15, 0.2) is 53.6 Å². The normalized spacial score (nSPS) is 10.7. The first-order chi connectivity index (χ1) is 11.2. The van der Waals surface area contributed by atoms with Gasteiger partial charge in [0.2, 0.25) is 0 Å². The lowest BCUT2D eigenvalue weighted by Gasteiger charge is -2.11. The average Bonchev–Trinajstić information content (AvgIpc) is 2.59. The number of nitrogens with one attached hydrogen (secondary N) is 1. The first-order valence-electron chi connectivity index (χ1n) is 7.20. The van der Waals surface area contributed by atoms with E-state index in [9.17, 15) is 4.39 Å². The van der Waals surface area contributed by atoms with E-state index in [2.05, 4.69) is 34.8 Å². The Morgan fingerprint density at radius 1 is 1.22 bits per heavy atom. The maximum Gasteiger partial charge on any atom is 0.165 e. The van der Waals surface area contributed by atoms with E-state index in [0.717, 1.165) is 11.1 Å². The quantitative estimate of drug-likeness (QED) is 0.687. The number of anilines is 1. The van der Waals surface area contributed by atoms with E-state index in [0.29, 0.717) is 12.1 Å². The smallest absolute Gasteiger partial charge is 0.165 e. The third-order valence-electron chi connectivity index (χ3n) is 3.63. The van der Waals surface area contributed by atoms with Crippen LogP contribution >= 0.6 is 11.8 Å². The number of halogens is 1. The topological polar surface area (TPSA) is 34.1 Å². The Labute approximate surface area is 138 Å². The van der Waals surface area contributed by atoms with Crippen LogP contribution in [0.4, 0.5) is 10.1 Å². The monoisotopic (exact) mass is 328 g/mol. The molecule has 0 fully saturated rings. The molecule has 0 saturated carbocycles. The first kappa shape index (κ1) is 15.6. The Morgan fingerprint density at radius 2 is 2.09 bits per heavy atom. The summed E-state index contributed by atoms with van der Waals surface area (Å²) in [6, 6.07) is 13.3. The summed E-state index contributed by atoms with van der Waals surface area (Å²) in [6.45, 7) is 0.668. The van der Waals surface area contributed by atoms with Crippen molar-refractivity contribution < 1.29 is 9.13 Å². The second-order valence-corrected chi connectivity index (χ2v) is 5.95. The van der Waals surface area contributed by atoms with Gasteiger partial charge in [0, 0.05) is 34.8 Å². The summed E-state index contributed by atoms with van der Waals surface area (Å²) in [6.07, 6.45) is 3.76. The number of hydrogen-bond acceptors (Lipinski definition) is 4. The van der Waals surface area contributed by atoms with E-state index in [-0.39, 0.29) is 11.6 Å². The molecule has 0 atom stereocenters. The molecule has 3 nitrogen and oxygen atoms in total.